The second-order valence-corrected chi connectivity index (χ2v) is 0. The molecule has 0 aliphatic carbocycles. The molecule has 0 aliphatic heterocycles. The molecule has 0 spiro atoms. The monoisotopic (exact) mass is 262 g/mol. The third-order valence-corrected chi connectivity index (χ3v) is 0. The van der Waals surface area contributed by atoms with Crippen molar-refractivity contribution in [3.8, 4) is 0 Å². The summed E-state index contributed by atoms with van der Waals surface area (Å²) in [4.78, 5) is 0. The number of rotatable bonds is 0. The Bertz CT molecular complexity index is 11.6. The smallest absolute Gasteiger partial charge is 0 e. The standard InChI is InChI=1S/Ca.Eu.H3N.H2O.H4Si.2H/h;;1H3;1H2;1H4;;. The van der Waals surface area contributed by atoms with Gasteiger partial charge in [0.1, 0.15) is 0 Å². The minimum atomic E-state index is 0. The van der Waals surface area contributed by atoms with E-state index in [4.69, 9.17) is 0 Å². The molecule has 0 bridgehead atoms. The molecular weight excluding hydrogens is 250 g/mol. The average molecular weight is 261 g/mol. The quantitative estimate of drug-likeness (QED) is 0.463. The van der Waals surface area contributed by atoms with Gasteiger partial charge in [-0.25, -0.2) is 0 Å². The first kappa shape index (κ1) is 43.8. The molecule has 5 N–H and O–H groups in total. The van der Waals surface area contributed by atoms with Crippen molar-refractivity contribution in [2.75, 3.05) is 0 Å². The van der Waals surface area contributed by atoms with E-state index in [2.05, 4.69) is 0 Å². The van der Waals surface area contributed by atoms with Crippen LogP contribution in [0.15, 0.2) is 0 Å². The maximum Gasteiger partial charge on any atom is 0 e. The Morgan fingerprint density at radius 1 is 1.00 bits per heavy atom. The van der Waals surface area contributed by atoms with Crippen LogP contribution in [-0.2, 0) is 0 Å². The van der Waals surface area contributed by atoms with Crippen LogP contribution < -0.4 is 6.15 Å². The molecule has 0 saturated heterocycles. The van der Waals surface area contributed by atoms with Crippen LogP contribution in [0, 0.1) is 49.4 Å². The molecule has 0 rings (SSSR count). The molecule has 0 heterocycles. The van der Waals surface area contributed by atoms with E-state index in [0.29, 0.717) is 0 Å². The summed E-state index contributed by atoms with van der Waals surface area (Å²) in [5.74, 6) is 0. The predicted octanol–water partition coefficient (Wildman–Crippen LogP) is -3.03. The van der Waals surface area contributed by atoms with Gasteiger partial charge < -0.3 is 11.6 Å². The molecule has 0 atom stereocenters. The van der Waals surface area contributed by atoms with Gasteiger partial charge in [-0.1, -0.05) is 0 Å². The summed E-state index contributed by atoms with van der Waals surface area (Å²) in [6.45, 7) is 0. The summed E-state index contributed by atoms with van der Waals surface area (Å²) in [7, 11) is 0. The summed E-state index contributed by atoms with van der Waals surface area (Å²) >= 11 is 0. The predicted molar refractivity (Wildman–Crippen MR) is 28.5 cm³/mol. The van der Waals surface area contributed by atoms with E-state index in [9.17, 15) is 0 Å². The molecule has 5 heavy (non-hydrogen) atoms. The maximum atomic E-state index is 0. The van der Waals surface area contributed by atoms with E-state index in [1.807, 2.05) is 0 Å². The van der Waals surface area contributed by atoms with Gasteiger partial charge in [0.2, 0.25) is 0 Å². The van der Waals surface area contributed by atoms with Crippen LogP contribution in [-0.4, -0.2) is 54.2 Å². The van der Waals surface area contributed by atoms with Gasteiger partial charge in [-0.05, 0) is 11.0 Å². The Kier molecular flexibility index (Phi) is 246. The van der Waals surface area contributed by atoms with Gasteiger partial charge in [0, 0.05) is 49.4 Å². The summed E-state index contributed by atoms with van der Waals surface area (Å²) in [5.41, 5.74) is 0. The summed E-state index contributed by atoms with van der Waals surface area (Å²) in [6.07, 6.45) is 0. The van der Waals surface area contributed by atoms with Gasteiger partial charge in [0.25, 0.3) is 0 Å². The molecule has 1 radical (unpaired) electrons. The van der Waals surface area contributed by atoms with Crippen LogP contribution >= 0.6 is 0 Å². The van der Waals surface area contributed by atoms with Gasteiger partial charge in [-0.2, -0.15) is 0 Å². The minimum absolute atomic E-state index is 0. The molecule has 0 aliphatic rings. The fourth-order valence-corrected chi connectivity index (χ4v) is 0. The van der Waals surface area contributed by atoms with Crippen molar-refractivity contribution in [3.05, 3.63) is 0 Å². The van der Waals surface area contributed by atoms with Crippen molar-refractivity contribution in [1.82, 2.24) is 6.15 Å². The maximum absolute atomic E-state index is 0. The van der Waals surface area contributed by atoms with Gasteiger partial charge in [-0.3, -0.25) is 0 Å². The first-order valence-electron chi connectivity index (χ1n) is 0. The van der Waals surface area contributed by atoms with Crippen LogP contribution in [0.25, 0.3) is 0 Å². The Hall–Kier alpha value is 2.98. The van der Waals surface area contributed by atoms with Crippen LogP contribution in [0.5, 0.6) is 0 Å². The fourth-order valence-electron chi connectivity index (χ4n) is 0. The van der Waals surface area contributed by atoms with E-state index in [1.54, 1.807) is 0 Å². The minimum Gasteiger partial charge on any atom is -0.0149 e. The molecule has 2 nitrogen and oxygen atoms in total. The molecule has 0 aromatic rings. The van der Waals surface area contributed by atoms with Crippen molar-refractivity contribution >= 4 is 48.7 Å². The molecule has 35 valence electrons. The molecule has 5 heteroatoms. The molecule has 0 aromatic heterocycles. The molecule has 0 saturated carbocycles. The Balaban J connectivity index is 0. The van der Waals surface area contributed by atoms with Crippen LogP contribution in [0.4, 0.5) is 0 Å². The topological polar surface area (TPSA) is 66.5 Å². The molecule has 0 fully saturated rings. The third kappa shape index (κ3) is 19.5. The van der Waals surface area contributed by atoms with Crippen molar-refractivity contribution in [1.29, 1.82) is 0 Å². The van der Waals surface area contributed by atoms with Gasteiger partial charge in [0.15, 0.2) is 0 Å². The number of hydrogen-bond acceptors (Lipinski definition) is 1. The van der Waals surface area contributed by atoms with E-state index in [-0.39, 0.29) is 110 Å². The second kappa shape index (κ2) is 28.1. The zero-order valence-electron chi connectivity index (χ0n) is 1.59. The van der Waals surface area contributed by atoms with E-state index >= 15 is 0 Å². The van der Waals surface area contributed by atoms with Gasteiger partial charge >= 0.3 is 37.7 Å². The Morgan fingerprint density at radius 3 is 1.00 bits per heavy atom. The SMILES string of the molecule is N.O.[CaH2].[Eu].[SiH4]. The van der Waals surface area contributed by atoms with Crippen molar-refractivity contribution in [2.24, 2.45) is 0 Å². The summed E-state index contributed by atoms with van der Waals surface area (Å²) in [5, 5.41) is 0. The molecule has 0 amide bonds. The zero-order chi connectivity index (χ0) is 0. The van der Waals surface area contributed by atoms with E-state index in [0.717, 1.165) is 0 Å². The third-order valence-electron chi connectivity index (χ3n) is 0. The average Bonchev–Trinajstić information content (AvgIpc) is 0. The van der Waals surface area contributed by atoms with E-state index < -0.39 is 0 Å². The van der Waals surface area contributed by atoms with E-state index in [1.165, 1.54) is 0 Å². The summed E-state index contributed by atoms with van der Waals surface area (Å²) in [6, 6.07) is 0. The van der Waals surface area contributed by atoms with Gasteiger partial charge in [0.05, 0.1) is 0 Å². The second-order valence-electron chi connectivity index (χ2n) is 0. The normalized spacial score (nSPS) is 0. The Labute approximate surface area is 107 Å². The van der Waals surface area contributed by atoms with Crippen LogP contribution in [0.1, 0.15) is 0 Å². The molecule has 0 aromatic carbocycles. The Morgan fingerprint density at radius 2 is 1.00 bits per heavy atom. The van der Waals surface area contributed by atoms with Crippen LogP contribution in [0.3, 0.4) is 0 Å². The van der Waals surface area contributed by atoms with Crippen molar-refractivity contribution in [3.63, 3.8) is 0 Å². The van der Waals surface area contributed by atoms with Gasteiger partial charge in [-0.15, -0.1) is 0 Å². The fraction of sp³-hybridized carbons (Fsp3) is 0. The van der Waals surface area contributed by atoms with Crippen molar-refractivity contribution in [2.45, 2.75) is 0 Å². The zero-order valence-corrected chi connectivity index (χ0v) is 4.01. The number of hydrogen-bond donors (Lipinski definition) is 1. The molecular formula is H11CaEuNOSi. The molecule has 0 unspecified atom stereocenters. The van der Waals surface area contributed by atoms with Crippen molar-refractivity contribution < 1.29 is 54.9 Å². The largest absolute Gasteiger partial charge is 0.0149 e. The first-order chi connectivity index (χ1) is 0. The van der Waals surface area contributed by atoms with Crippen LogP contribution in [0.2, 0.25) is 0 Å². The first-order valence-corrected chi connectivity index (χ1v) is 0. The summed E-state index contributed by atoms with van der Waals surface area (Å²) < 4.78 is 0.